The number of nitrogens with two attached hydrogens (primary N) is 1. The molecule has 0 bridgehead atoms. The molecule has 0 saturated carbocycles. The zero-order valence-corrected chi connectivity index (χ0v) is 10.0. The molecule has 4 nitrogen and oxygen atoms in total. The molecule has 88 valence electrons. The predicted molar refractivity (Wildman–Crippen MR) is 61.6 cm³/mol. The Labute approximate surface area is 91.9 Å². The van der Waals surface area contributed by atoms with Crippen LogP contribution in [-0.2, 0) is 4.74 Å². The number of ether oxygens (including phenoxy) is 1. The van der Waals surface area contributed by atoms with Gasteiger partial charge in [-0.05, 0) is 34.1 Å². The van der Waals surface area contributed by atoms with Crippen molar-refractivity contribution >= 4 is 6.09 Å². The van der Waals surface area contributed by atoms with Crippen molar-refractivity contribution in [2.45, 2.75) is 45.8 Å². The van der Waals surface area contributed by atoms with Crippen molar-refractivity contribution in [3.63, 3.8) is 0 Å². The number of nitrogens with one attached hydrogen (secondary N) is 1. The average Bonchev–Trinajstić information content (AvgIpc) is 2.09. The van der Waals surface area contributed by atoms with Gasteiger partial charge in [-0.25, -0.2) is 4.79 Å². The van der Waals surface area contributed by atoms with Crippen LogP contribution in [0.3, 0.4) is 0 Å². The first-order chi connectivity index (χ1) is 6.89. The Morgan fingerprint density at radius 1 is 1.53 bits per heavy atom. The second-order valence-corrected chi connectivity index (χ2v) is 4.38. The van der Waals surface area contributed by atoms with Crippen molar-refractivity contribution in [2.24, 2.45) is 5.73 Å². The lowest BCUT2D eigenvalue weighted by Gasteiger charge is -2.22. The highest BCUT2D eigenvalue weighted by molar-refractivity contribution is 5.68. The van der Waals surface area contributed by atoms with Crippen molar-refractivity contribution < 1.29 is 9.53 Å². The Hall–Kier alpha value is -1.03. The van der Waals surface area contributed by atoms with Gasteiger partial charge in [-0.2, -0.15) is 0 Å². The molecule has 0 rings (SSSR count). The smallest absolute Gasteiger partial charge is 0.407 e. The van der Waals surface area contributed by atoms with Crippen molar-refractivity contribution in [1.29, 1.82) is 0 Å². The van der Waals surface area contributed by atoms with E-state index in [0.717, 1.165) is 6.42 Å². The molecular formula is C11H22N2O2. The molecule has 0 spiro atoms. The van der Waals surface area contributed by atoms with Crippen molar-refractivity contribution in [1.82, 2.24) is 5.32 Å². The number of allylic oxidation sites excluding steroid dienone is 1. The van der Waals surface area contributed by atoms with Crippen LogP contribution >= 0.6 is 0 Å². The van der Waals surface area contributed by atoms with Crippen LogP contribution in [0, 0.1) is 0 Å². The third-order valence-electron chi connectivity index (χ3n) is 1.66. The van der Waals surface area contributed by atoms with Gasteiger partial charge in [0.25, 0.3) is 0 Å². The first-order valence-corrected chi connectivity index (χ1v) is 5.19. The lowest BCUT2D eigenvalue weighted by Crippen LogP contribution is -2.42. The average molecular weight is 214 g/mol. The summed E-state index contributed by atoms with van der Waals surface area (Å²) < 4.78 is 5.12. The maximum atomic E-state index is 11.4. The maximum Gasteiger partial charge on any atom is 0.407 e. The summed E-state index contributed by atoms with van der Waals surface area (Å²) in [6.45, 7) is 7.83. The van der Waals surface area contributed by atoms with Gasteiger partial charge < -0.3 is 15.8 Å². The quantitative estimate of drug-likeness (QED) is 0.701. The van der Waals surface area contributed by atoms with Gasteiger partial charge in [0.2, 0.25) is 0 Å². The monoisotopic (exact) mass is 214 g/mol. The molecule has 0 fully saturated rings. The molecule has 4 heteroatoms. The summed E-state index contributed by atoms with van der Waals surface area (Å²) in [4.78, 5) is 11.4. The van der Waals surface area contributed by atoms with Crippen LogP contribution in [0.25, 0.3) is 0 Å². The molecule has 1 atom stereocenters. The number of carbonyl (C=O) groups excluding carboxylic acids is 1. The van der Waals surface area contributed by atoms with Crippen LogP contribution in [0.4, 0.5) is 4.79 Å². The number of carbonyl (C=O) groups is 1. The van der Waals surface area contributed by atoms with E-state index >= 15 is 0 Å². The topological polar surface area (TPSA) is 64.3 Å². The fourth-order valence-corrected chi connectivity index (χ4v) is 0.989. The van der Waals surface area contributed by atoms with E-state index in [1.807, 2.05) is 39.8 Å². The molecule has 3 N–H and O–H groups in total. The summed E-state index contributed by atoms with van der Waals surface area (Å²) in [5, 5.41) is 2.72. The first kappa shape index (κ1) is 14.0. The van der Waals surface area contributed by atoms with Gasteiger partial charge in [0.15, 0.2) is 0 Å². The number of hydrogen-bond donors (Lipinski definition) is 2. The summed E-state index contributed by atoms with van der Waals surface area (Å²) in [5.74, 6) is 0. The van der Waals surface area contributed by atoms with Crippen LogP contribution in [0.1, 0.15) is 34.1 Å². The Morgan fingerprint density at radius 2 is 2.13 bits per heavy atom. The van der Waals surface area contributed by atoms with Crippen LogP contribution in [0.15, 0.2) is 12.2 Å². The largest absolute Gasteiger partial charge is 0.444 e. The van der Waals surface area contributed by atoms with Gasteiger partial charge >= 0.3 is 6.09 Å². The highest BCUT2D eigenvalue weighted by Gasteiger charge is 2.18. The molecule has 0 aliphatic carbocycles. The standard InChI is InChI=1S/C11H22N2O2/c1-5-6-7-9(8-12)13-10(14)15-11(2,3)4/h5-6,9H,7-8,12H2,1-4H3,(H,13,14)/b6-5+. The second-order valence-electron chi connectivity index (χ2n) is 4.38. The van der Waals surface area contributed by atoms with E-state index < -0.39 is 11.7 Å². The van der Waals surface area contributed by atoms with Crippen LogP contribution in [0.5, 0.6) is 0 Å². The molecule has 0 aliphatic heterocycles. The van der Waals surface area contributed by atoms with E-state index in [1.54, 1.807) is 0 Å². The molecule has 0 radical (unpaired) electrons. The van der Waals surface area contributed by atoms with Gasteiger partial charge in [-0.3, -0.25) is 0 Å². The number of alkyl carbamates (subject to hydrolysis) is 1. The summed E-state index contributed by atoms with van der Waals surface area (Å²) in [7, 11) is 0. The SMILES string of the molecule is C/C=C/CC(CN)NC(=O)OC(C)(C)C. The normalized spacial score (nSPS) is 13.9. The zero-order valence-electron chi connectivity index (χ0n) is 10.0. The number of amides is 1. The first-order valence-electron chi connectivity index (χ1n) is 5.19. The molecule has 0 aliphatic rings. The molecule has 0 heterocycles. The van der Waals surface area contributed by atoms with Gasteiger partial charge in [-0.15, -0.1) is 0 Å². The summed E-state index contributed by atoms with van der Waals surface area (Å²) >= 11 is 0. The molecule has 1 unspecified atom stereocenters. The predicted octanol–water partition coefficient (Wildman–Crippen LogP) is 1.80. The molecule has 0 aromatic carbocycles. The third-order valence-corrected chi connectivity index (χ3v) is 1.66. The van der Waals surface area contributed by atoms with Crippen molar-refractivity contribution in [3.05, 3.63) is 12.2 Å². The maximum absolute atomic E-state index is 11.4. The molecule has 15 heavy (non-hydrogen) atoms. The Balaban J connectivity index is 4.01. The summed E-state index contributed by atoms with van der Waals surface area (Å²) in [6.07, 6.45) is 4.21. The molecule has 0 aromatic rings. The Kier molecular flexibility index (Phi) is 6.01. The second kappa shape index (κ2) is 6.45. The van der Waals surface area contributed by atoms with E-state index in [4.69, 9.17) is 10.5 Å². The van der Waals surface area contributed by atoms with Gasteiger partial charge in [0, 0.05) is 12.6 Å². The zero-order chi connectivity index (χ0) is 11.9. The van der Waals surface area contributed by atoms with E-state index in [0.29, 0.717) is 6.54 Å². The lowest BCUT2D eigenvalue weighted by molar-refractivity contribution is 0.0506. The minimum absolute atomic E-state index is 0.0592. The number of hydrogen-bond acceptors (Lipinski definition) is 3. The van der Waals surface area contributed by atoms with E-state index in [9.17, 15) is 4.79 Å². The van der Waals surface area contributed by atoms with E-state index in [2.05, 4.69) is 5.32 Å². The van der Waals surface area contributed by atoms with Crippen LogP contribution in [-0.4, -0.2) is 24.3 Å². The number of rotatable bonds is 4. The summed E-state index contributed by atoms with van der Waals surface area (Å²) in [6, 6.07) is -0.0592. The summed E-state index contributed by atoms with van der Waals surface area (Å²) in [5.41, 5.74) is 5.05. The van der Waals surface area contributed by atoms with Crippen LogP contribution in [0.2, 0.25) is 0 Å². The minimum atomic E-state index is -0.468. The fraction of sp³-hybridized carbons (Fsp3) is 0.727. The molecule has 0 aromatic heterocycles. The van der Waals surface area contributed by atoms with E-state index in [-0.39, 0.29) is 6.04 Å². The molecule has 1 amide bonds. The Bertz CT molecular complexity index is 219. The van der Waals surface area contributed by atoms with Gasteiger partial charge in [0.05, 0.1) is 0 Å². The highest BCUT2D eigenvalue weighted by Crippen LogP contribution is 2.07. The Morgan fingerprint density at radius 3 is 2.53 bits per heavy atom. The lowest BCUT2D eigenvalue weighted by atomic mass is 10.2. The van der Waals surface area contributed by atoms with E-state index in [1.165, 1.54) is 0 Å². The molecular weight excluding hydrogens is 192 g/mol. The van der Waals surface area contributed by atoms with Gasteiger partial charge in [-0.1, -0.05) is 12.2 Å². The van der Waals surface area contributed by atoms with Crippen molar-refractivity contribution in [3.8, 4) is 0 Å². The van der Waals surface area contributed by atoms with Gasteiger partial charge in [0.1, 0.15) is 5.60 Å². The fourth-order valence-electron chi connectivity index (χ4n) is 0.989. The minimum Gasteiger partial charge on any atom is -0.444 e. The third kappa shape index (κ3) is 8.00. The highest BCUT2D eigenvalue weighted by atomic mass is 16.6. The molecule has 0 saturated heterocycles. The van der Waals surface area contributed by atoms with Crippen LogP contribution < -0.4 is 11.1 Å². The van der Waals surface area contributed by atoms with Crippen molar-refractivity contribution in [2.75, 3.05) is 6.54 Å².